The molecule has 150 valence electrons. The number of hydrogen-bond donors (Lipinski definition) is 1. The van der Waals surface area contributed by atoms with Crippen molar-refractivity contribution in [1.82, 2.24) is 4.31 Å². The van der Waals surface area contributed by atoms with Crippen LogP contribution in [0.5, 0.6) is 5.75 Å². The van der Waals surface area contributed by atoms with Crippen molar-refractivity contribution in [2.75, 3.05) is 20.7 Å². The molecule has 0 atom stereocenters. The molecule has 2 fully saturated rings. The lowest BCUT2D eigenvalue weighted by Gasteiger charge is -2.47. The molecule has 2 N–H and O–H groups in total. The molecule has 3 rings (SSSR count). The number of nitrogens with two attached hydrogens (primary N) is 1. The van der Waals surface area contributed by atoms with E-state index in [4.69, 9.17) is 10.5 Å². The second-order valence-corrected chi connectivity index (χ2v) is 10.1. The Morgan fingerprint density at radius 3 is 2.37 bits per heavy atom. The minimum atomic E-state index is -4.14. The molecule has 1 aromatic carbocycles. The van der Waals surface area contributed by atoms with Crippen LogP contribution in [0.1, 0.15) is 55.3 Å². The van der Waals surface area contributed by atoms with Crippen molar-refractivity contribution < 1.29 is 22.3 Å². The van der Waals surface area contributed by atoms with Crippen molar-refractivity contribution >= 4 is 15.9 Å². The zero-order valence-electron chi connectivity index (χ0n) is 15.8. The summed E-state index contributed by atoms with van der Waals surface area (Å²) in [7, 11) is -1.53. The lowest BCUT2D eigenvalue weighted by molar-refractivity contribution is 0.0428. The van der Waals surface area contributed by atoms with Crippen molar-refractivity contribution in [1.29, 1.82) is 0 Å². The molecule has 1 amide bonds. The third kappa shape index (κ3) is 3.82. The van der Waals surface area contributed by atoms with E-state index in [1.165, 1.54) is 58.3 Å². The maximum atomic E-state index is 14.8. The van der Waals surface area contributed by atoms with E-state index >= 15 is 0 Å². The van der Waals surface area contributed by atoms with Gasteiger partial charge in [0, 0.05) is 14.1 Å². The first-order chi connectivity index (χ1) is 12.7. The first kappa shape index (κ1) is 20.1. The largest absolute Gasteiger partial charge is 0.492 e. The normalized spacial score (nSPS) is 19.9. The number of primary amides is 1. The van der Waals surface area contributed by atoms with Crippen LogP contribution in [0, 0.1) is 17.2 Å². The minimum Gasteiger partial charge on any atom is -0.492 e. The van der Waals surface area contributed by atoms with Gasteiger partial charge in [0.1, 0.15) is 5.75 Å². The molecule has 0 aromatic heterocycles. The predicted molar refractivity (Wildman–Crippen MR) is 99.5 cm³/mol. The summed E-state index contributed by atoms with van der Waals surface area (Å²) in [6.45, 7) is 0.335. The van der Waals surface area contributed by atoms with Gasteiger partial charge in [0.15, 0.2) is 10.7 Å². The molecule has 1 spiro atoms. The third-order valence-electron chi connectivity index (χ3n) is 6.12. The monoisotopic (exact) mass is 398 g/mol. The lowest BCUT2D eigenvalue weighted by Crippen LogP contribution is -2.35. The van der Waals surface area contributed by atoms with E-state index in [-0.39, 0.29) is 5.75 Å². The lowest BCUT2D eigenvalue weighted by atomic mass is 9.59. The smallest absolute Gasteiger partial charge is 0.251 e. The fourth-order valence-corrected chi connectivity index (χ4v) is 5.19. The minimum absolute atomic E-state index is 0.0740. The molecule has 1 aromatic rings. The molecule has 2 saturated carbocycles. The van der Waals surface area contributed by atoms with Gasteiger partial charge in [0.2, 0.25) is 10.0 Å². The fraction of sp³-hybridized carbons (Fsp3) is 0.632. The van der Waals surface area contributed by atoms with Crippen LogP contribution in [0.4, 0.5) is 4.39 Å². The number of amides is 1. The van der Waals surface area contributed by atoms with Gasteiger partial charge in [-0.15, -0.1) is 0 Å². The summed E-state index contributed by atoms with van der Waals surface area (Å²) in [6.07, 6.45) is 8.38. The van der Waals surface area contributed by atoms with Gasteiger partial charge >= 0.3 is 0 Å². The first-order valence-electron chi connectivity index (χ1n) is 9.34. The number of rotatable bonds is 6. The molecule has 0 heterocycles. The molecule has 0 bridgehead atoms. The van der Waals surface area contributed by atoms with Crippen LogP contribution in [0.15, 0.2) is 17.0 Å². The molecule has 2 aliphatic carbocycles. The molecule has 27 heavy (non-hydrogen) atoms. The van der Waals surface area contributed by atoms with E-state index < -0.39 is 32.2 Å². The quantitative estimate of drug-likeness (QED) is 0.798. The maximum absolute atomic E-state index is 14.8. The van der Waals surface area contributed by atoms with Crippen LogP contribution in [0.25, 0.3) is 0 Å². The van der Waals surface area contributed by atoms with E-state index in [0.717, 1.165) is 17.1 Å². The summed E-state index contributed by atoms with van der Waals surface area (Å²) < 4.78 is 46.6. The van der Waals surface area contributed by atoms with E-state index in [2.05, 4.69) is 0 Å². The van der Waals surface area contributed by atoms with E-state index in [1.807, 2.05) is 0 Å². The Bertz CT molecular complexity index is 824. The van der Waals surface area contributed by atoms with Crippen LogP contribution in [0.3, 0.4) is 0 Å². The average Bonchev–Trinajstić information content (AvgIpc) is 2.58. The summed E-state index contributed by atoms with van der Waals surface area (Å²) >= 11 is 0. The number of ether oxygens (including phenoxy) is 1. The zero-order valence-corrected chi connectivity index (χ0v) is 16.6. The second kappa shape index (κ2) is 7.39. The van der Waals surface area contributed by atoms with Gasteiger partial charge < -0.3 is 10.5 Å². The van der Waals surface area contributed by atoms with E-state index in [1.54, 1.807) is 0 Å². The standard InChI is InChI=1S/C19H27FN2O4S/c1-22(2)27(24,25)17-15(5-4-14(16(17)20)18(21)23)26-12-13-6-10-19(11-7-13)8-3-9-19/h4-5,13H,3,6-12H2,1-2H3,(H2,21,23). The average molecular weight is 399 g/mol. The van der Waals surface area contributed by atoms with E-state index in [9.17, 15) is 17.6 Å². The second-order valence-electron chi connectivity index (χ2n) is 8.01. The highest BCUT2D eigenvalue weighted by molar-refractivity contribution is 7.89. The van der Waals surface area contributed by atoms with Crippen LogP contribution in [0.2, 0.25) is 0 Å². The van der Waals surface area contributed by atoms with E-state index in [0.29, 0.717) is 17.9 Å². The van der Waals surface area contributed by atoms with Crippen molar-refractivity contribution in [2.45, 2.75) is 49.8 Å². The molecular weight excluding hydrogens is 371 g/mol. The number of carbonyl (C=O) groups is 1. The van der Waals surface area contributed by atoms with Crippen LogP contribution in [-0.4, -0.2) is 39.3 Å². The summed E-state index contributed by atoms with van der Waals surface area (Å²) in [6, 6.07) is 2.49. The van der Waals surface area contributed by atoms with Crippen molar-refractivity contribution in [3.63, 3.8) is 0 Å². The van der Waals surface area contributed by atoms with Crippen molar-refractivity contribution in [3.05, 3.63) is 23.5 Å². The van der Waals surface area contributed by atoms with Crippen LogP contribution >= 0.6 is 0 Å². The predicted octanol–water partition coefficient (Wildman–Crippen LogP) is 2.91. The Balaban J connectivity index is 1.80. The summed E-state index contributed by atoms with van der Waals surface area (Å²) in [5, 5.41) is 0. The van der Waals surface area contributed by atoms with Crippen LogP contribution in [-0.2, 0) is 10.0 Å². The third-order valence-corrected chi connectivity index (χ3v) is 7.98. The van der Waals surface area contributed by atoms with Gasteiger partial charge in [-0.25, -0.2) is 17.1 Å². The number of halogens is 1. The van der Waals surface area contributed by atoms with Gasteiger partial charge in [0.25, 0.3) is 5.91 Å². The van der Waals surface area contributed by atoms with Gasteiger partial charge in [-0.05, 0) is 62.0 Å². The molecule has 0 aliphatic heterocycles. The molecule has 0 saturated heterocycles. The Hall–Kier alpha value is -1.67. The van der Waals surface area contributed by atoms with Gasteiger partial charge in [-0.1, -0.05) is 6.42 Å². The highest BCUT2D eigenvalue weighted by Crippen LogP contribution is 2.52. The Labute approximate surface area is 159 Å². The van der Waals surface area contributed by atoms with Gasteiger partial charge in [-0.3, -0.25) is 4.79 Å². The number of carbonyl (C=O) groups excluding carboxylic acids is 1. The number of hydrogen-bond acceptors (Lipinski definition) is 4. The number of sulfonamides is 1. The molecule has 6 nitrogen and oxygen atoms in total. The Morgan fingerprint density at radius 1 is 1.26 bits per heavy atom. The summed E-state index contributed by atoms with van der Waals surface area (Å²) in [5.74, 6) is -1.93. The maximum Gasteiger partial charge on any atom is 0.251 e. The Morgan fingerprint density at radius 2 is 1.89 bits per heavy atom. The van der Waals surface area contributed by atoms with Gasteiger partial charge in [0.05, 0.1) is 12.2 Å². The summed E-state index contributed by atoms with van der Waals surface area (Å²) in [5.41, 5.74) is 5.23. The van der Waals surface area contributed by atoms with Gasteiger partial charge in [-0.2, -0.15) is 0 Å². The molecule has 0 radical (unpaired) electrons. The Kier molecular flexibility index (Phi) is 5.49. The molecule has 8 heteroatoms. The fourth-order valence-electron chi connectivity index (χ4n) is 4.11. The SMILES string of the molecule is CN(C)S(=O)(=O)c1c(OCC2CCC3(CCC3)CC2)ccc(C(N)=O)c1F. The first-order valence-corrected chi connectivity index (χ1v) is 10.8. The summed E-state index contributed by atoms with van der Waals surface area (Å²) in [4.78, 5) is 10.8. The van der Waals surface area contributed by atoms with Crippen molar-refractivity contribution in [3.8, 4) is 5.75 Å². The van der Waals surface area contributed by atoms with Crippen molar-refractivity contribution in [2.24, 2.45) is 17.1 Å². The molecule has 0 unspecified atom stereocenters. The topological polar surface area (TPSA) is 89.7 Å². The number of nitrogens with zero attached hydrogens (tertiary/aromatic N) is 1. The highest BCUT2D eigenvalue weighted by Gasteiger charge is 2.40. The molecule has 2 aliphatic rings. The zero-order chi connectivity index (χ0) is 19.8. The molecular formula is C19H27FN2O4S. The van der Waals surface area contributed by atoms with Crippen LogP contribution < -0.4 is 10.5 Å². The number of benzene rings is 1. The highest BCUT2D eigenvalue weighted by atomic mass is 32.2.